The minimum absolute atomic E-state index is 0.0480. The molecular formula is C16H19FN4O5S. The van der Waals surface area contributed by atoms with Gasteiger partial charge in [0.25, 0.3) is 5.91 Å². The third-order valence-electron chi connectivity index (χ3n) is 4.55. The van der Waals surface area contributed by atoms with Gasteiger partial charge in [-0.2, -0.15) is 4.31 Å². The highest BCUT2D eigenvalue weighted by Gasteiger charge is 2.37. The van der Waals surface area contributed by atoms with Crippen LogP contribution in [0.25, 0.3) is 0 Å². The quantitative estimate of drug-likeness (QED) is 0.640. The van der Waals surface area contributed by atoms with E-state index in [0.29, 0.717) is 0 Å². The van der Waals surface area contributed by atoms with Gasteiger partial charge in [-0.05, 0) is 18.2 Å². The van der Waals surface area contributed by atoms with Crippen molar-refractivity contribution in [3.05, 3.63) is 30.1 Å². The number of urea groups is 1. The summed E-state index contributed by atoms with van der Waals surface area (Å²) in [7, 11) is -2.38. The van der Waals surface area contributed by atoms with Gasteiger partial charge in [-0.25, -0.2) is 17.6 Å². The number of hydrogen-bond donors (Lipinski definition) is 0. The van der Waals surface area contributed by atoms with Gasteiger partial charge in [0.2, 0.25) is 15.9 Å². The molecule has 3 rings (SSSR count). The Labute approximate surface area is 156 Å². The summed E-state index contributed by atoms with van der Waals surface area (Å²) in [6, 6.07) is 4.22. The molecule has 0 unspecified atom stereocenters. The number of likely N-dealkylation sites (N-methyl/N-ethyl adjacent to an activating group) is 1. The maximum atomic E-state index is 13.3. The first-order chi connectivity index (χ1) is 12.7. The number of carbonyl (C=O) groups is 3. The molecule has 2 aliphatic heterocycles. The van der Waals surface area contributed by atoms with Gasteiger partial charge in [-0.15, -0.1) is 0 Å². The van der Waals surface area contributed by atoms with Crippen molar-refractivity contribution in [3.8, 4) is 0 Å². The van der Waals surface area contributed by atoms with Crippen molar-refractivity contribution in [3.63, 3.8) is 0 Å². The molecule has 2 saturated heterocycles. The molecule has 0 aliphatic carbocycles. The summed E-state index contributed by atoms with van der Waals surface area (Å²) in [6.07, 6.45) is 0. The highest BCUT2D eigenvalue weighted by Crippen LogP contribution is 2.19. The van der Waals surface area contributed by atoms with Crippen molar-refractivity contribution < 1.29 is 27.2 Å². The van der Waals surface area contributed by atoms with E-state index in [0.717, 1.165) is 17.0 Å². The van der Waals surface area contributed by atoms with Crippen LogP contribution in [0.5, 0.6) is 0 Å². The standard InChI is InChI=1S/C16H19FN4O5S/c1-18-10-15(23)21(16(18)24)11-14(22)19-5-7-20(8-6-19)27(25,26)13-4-2-3-12(17)9-13/h2-4,9H,5-8,10-11H2,1H3. The molecule has 0 atom stereocenters. The number of benzene rings is 1. The predicted octanol–water partition coefficient (Wildman–Crippen LogP) is -0.447. The van der Waals surface area contributed by atoms with Crippen LogP contribution < -0.4 is 0 Å². The zero-order chi connectivity index (χ0) is 19.8. The summed E-state index contributed by atoms with van der Waals surface area (Å²) >= 11 is 0. The lowest BCUT2D eigenvalue weighted by Crippen LogP contribution is -2.53. The van der Waals surface area contributed by atoms with E-state index in [1.54, 1.807) is 0 Å². The topological polar surface area (TPSA) is 98.3 Å². The summed E-state index contributed by atoms with van der Waals surface area (Å²) in [4.78, 5) is 39.3. The molecule has 0 bridgehead atoms. The minimum atomic E-state index is -3.85. The number of imide groups is 1. The van der Waals surface area contributed by atoms with Crippen molar-refractivity contribution in [2.45, 2.75) is 4.90 Å². The third kappa shape index (κ3) is 3.78. The summed E-state index contributed by atoms with van der Waals surface area (Å²) in [5.41, 5.74) is 0. The molecule has 11 heteroatoms. The second-order valence-electron chi connectivity index (χ2n) is 6.36. The van der Waals surface area contributed by atoms with E-state index in [9.17, 15) is 27.2 Å². The number of hydrogen-bond acceptors (Lipinski definition) is 5. The molecule has 4 amide bonds. The molecule has 2 heterocycles. The first kappa shape index (κ1) is 19.2. The number of amides is 4. The Morgan fingerprint density at radius 1 is 1.15 bits per heavy atom. The van der Waals surface area contributed by atoms with Crippen molar-refractivity contribution >= 4 is 27.9 Å². The van der Waals surface area contributed by atoms with E-state index < -0.39 is 33.7 Å². The van der Waals surface area contributed by atoms with Gasteiger partial charge < -0.3 is 9.80 Å². The van der Waals surface area contributed by atoms with Gasteiger partial charge in [-0.3, -0.25) is 14.5 Å². The van der Waals surface area contributed by atoms with Crippen molar-refractivity contribution in [1.29, 1.82) is 0 Å². The predicted molar refractivity (Wildman–Crippen MR) is 91.5 cm³/mol. The Bertz CT molecular complexity index is 883. The normalized spacial score (nSPS) is 19.1. The number of nitrogens with zero attached hydrogens (tertiary/aromatic N) is 4. The highest BCUT2D eigenvalue weighted by atomic mass is 32.2. The Morgan fingerprint density at radius 3 is 2.37 bits per heavy atom. The number of rotatable bonds is 4. The van der Waals surface area contributed by atoms with Gasteiger partial charge in [0.1, 0.15) is 18.9 Å². The van der Waals surface area contributed by atoms with Crippen molar-refractivity contribution in [1.82, 2.24) is 19.0 Å². The van der Waals surface area contributed by atoms with Crippen molar-refractivity contribution in [2.24, 2.45) is 0 Å². The lowest BCUT2D eigenvalue weighted by Gasteiger charge is -2.34. The fourth-order valence-corrected chi connectivity index (χ4v) is 4.47. The molecular weight excluding hydrogens is 379 g/mol. The largest absolute Gasteiger partial charge is 0.338 e. The lowest BCUT2D eigenvalue weighted by molar-refractivity contribution is -0.137. The Hall–Kier alpha value is -2.53. The van der Waals surface area contributed by atoms with Crippen LogP contribution in [0.4, 0.5) is 9.18 Å². The van der Waals surface area contributed by atoms with Crippen LogP contribution in [0.1, 0.15) is 0 Å². The molecule has 0 radical (unpaired) electrons. The van der Waals surface area contributed by atoms with E-state index in [1.165, 1.54) is 33.3 Å². The number of piperazine rings is 1. The Morgan fingerprint density at radius 2 is 1.81 bits per heavy atom. The second kappa shape index (κ2) is 7.24. The highest BCUT2D eigenvalue weighted by molar-refractivity contribution is 7.89. The Balaban J connectivity index is 1.61. The first-order valence-corrected chi connectivity index (χ1v) is 9.73. The fraction of sp³-hybridized carbons (Fsp3) is 0.438. The summed E-state index contributed by atoms with van der Waals surface area (Å²) in [5.74, 6) is -1.51. The monoisotopic (exact) mass is 398 g/mol. The summed E-state index contributed by atoms with van der Waals surface area (Å²) in [5, 5.41) is 0. The van der Waals surface area contributed by atoms with E-state index >= 15 is 0 Å². The molecule has 146 valence electrons. The summed E-state index contributed by atoms with van der Waals surface area (Å²) < 4.78 is 39.6. The third-order valence-corrected chi connectivity index (χ3v) is 6.44. The van der Waals surface area contributed by atoms with Crippen LogP contribution in [-0.4, -0.2) is 91.6 Å². The van der Waals surface area contributed by atoms with E-state index in [2.05, 4.69) is 0 Å². The summed E-state index contributed by atoms with van der Waals surface area (Å²) in [6.45, 7) is -0.0813. The van der Waals surface area contributed by atoms with Gasteiger partial charge in [0.05, 0.1) is 4.90 Å². The zero-order valence-electron chi connectivity index (χ0n) is 14.7. The molecule has 2 fully saturated rings. The number of halogens is 1. The molecule has 0 saturated carbocycles. The van der Waals surface area contributed by atoms with Gasteiger partial charge in [0.15, 0.2) is 0 Å². The smallest absolute Gasteiger partial charge is 0.327 e. The van der Waals surface area contributed by atoms with E-state index in [1.807, 2.05) is 0 Å². The lowest BCUT2D eigenvalue weighted by atomic mass is 10.3. The molecule has 1 aromatic carbocycles. The number of carbonyl (C=O) groups excluding carboxylic acids is 3. The maximum Gasteiger partial charge on any atom is 0.327 e. The van der Waals surface area contributed by atoms with E-state index in [4.69, 9.17) is 0 Å². The van der Waals surface area contributed by atoms with Gasteiger partial charge in [-0.1, -0.05) is 6.07 Å². The minimum Gasteiger partial charge on any atom is -0.338 e. The average Bonchev–Trinajstić information content (AvgIpc) is 2.88. The molecule has 0 aromatic heterocycles. The molecule has 27 heavy (non-hydrogen) atoms. The molecule has 1 aromatic rings. The average molecular weight is 398 g/mol. The van der Waals surface area contributed by atoms with Crippen LogP contribution in [0, 0.1) is 5.82 Å². The van der Waals surface area contributed by atoms with Crippen LogP contribution in [0.3, 0.4) is 0 Å². The van der Waals surface area contributed by atoms with E-state index in [-0.39, 0.29) is 44.2 Å². The van der Waals surface area contributed by atoms with Gasteiger partial charge in [0, 0.05) is 33.2 Å². The number of sulfonamides is 1. The molecule has 0 N–H and O–H groups in total. The van der Waals surface area contributed by atoms with Crippen LogP contribution in [0.15, 0.2) is 29.2 Å². The molecule has 9 nitrogen and oxygen atoms in total. The Kier molecular flexibility index (Phi) is 5.16. The fourth-order valence-electron chi connectivity index (χ4n) is 3.01. The molecule has 0 spiro atoms. The zero-order valence-corrected chi connectivity index (χ0v) is 15.5. The SMILES string of the molecule is CN1CC(=O)N(CC(=O)N2CCN(S(=O)(=O)c3cccc(F)c3)CC2)C1=O. The van der Waals surface area contributed by atoms with Crippen LogP contribution >= 0.6 is 0 Å². The van der Waals surface area contributed by atoms with Crippen molar-refractivity contribution in [2.75, 3.05) is 46.3 Å². The second-order valence-corrected chi connectivity index (χ2v) is 8.30. The first-order valence-electron chi connectivity index (χ1n) is 8.29. The van der Waals surface area contributed by atoms with Gasteiger partial charge >= 0.3 is 6.03 Å². The molecule has 2 aliphatic rings. The van der Waals surface area contributed by atoms with Crippen LogP contribution in [0.2, 0.25) is 0 Å². The van der Waals surface area contributed by atoms with Crippen LogP contribution in [-0.2, 0) is 19.6 Å². The maximum absolute atomic E-state index is 13.3.